The van der Waals surface area contributed by atoms with E-state index in [4.69, 9.17) is 0 Å². The second-order valence-corrected chi connectivity index (χ2v) is 6.04. The van der Waals surface area contributed by atoms with Gasteiger partial charge in [-0.05, 0) is 38.3 Å². The third-order valence-corrected chi connectivity index (χ3v) is 3.33. The van der Waals surface area contributed by atoms with Crippen molar-refractivity contribution in [2.24, 2.45) is 5.41 Å². The Morgan fingerprint density at radius 2 is 1.93 bits per heavy atom. The Labute approximate surface area is 95.4 Å². The highest BCUT2D eigenvalue weighted by Gasteiger charge is 2.31. The molecule has 0 amide bonds. The summed E-state index contributed by atoms with van der Waals surface area (Å²) in [7, 11) is 2.27. The molecule has 0 bridgehead atoms. The summed E-state index contributed by atoms with van der Waals surface area (Å²) in [5.41, 5.74) is 0.359. The van der Waals surface area contributed by atoms with Gasteiger partial charge < -0.3 is 10.2 Å². The lowest BCUT2D eigenvalue weighted by molar-refractivity contribution is 0.190. The van der Waals surface area contributed by atoms with Crippen LogP contribution in [-0.4, -0.2) is 37.1 Å². The summed E-state index contributed by atoms with van der Waals surface area (Å²) in [5, 5.41) is 3.68. The molecule has 15 heavy (non-hydrogen) atoms. The van der Waals surface area contributed by atoms with Crippen LogP contribution >= 0.6 is 0 Å². The van der Waals surface area contributed by atoms with Crippen LogP contribution in [0.1, 0.15) is 47.0 Å². The van der Waals surface area contributed by atoms with Crippen LogP contribution in [0.5, 0.6) is 0 Å². The fourth-order valence-electron chi connectivity index (χ4n) is 1.92. The van der Waals surface area contributed by atoms with Crippen molar-refractivity contribution in [2.75, 3.05) is 20.1 Å². The van der Waals surface area contributed by atoms with Gasteiger partial charge in [0.05, 0.1) is 0 Å². The largest absolute Gasteiger partial charge is 0.312 e. The lowest BCUT2D eigenvalue weighted by Gasteiger charge is -2.35. The molecule has 2 nitrogen and oxygen atoms in total. The van der Waals surface area contributed by atoms with Crippen molar-refractivity contribution in [2.45, 2.75) is 59.0 Å². The Hall–Kier alpha value is -0.0800. The van der Waals surface area contributed by atoms with Crippen molar-refractivity contribution in [1.29, 1.82) is 0 Å². The van der Waals surface area contributed by atoms with Gasteiger partial charge in [0.25, 0.3) is 0 Å². The van der Waals surface area contributed by atoms with Gasteiger partial charge in [0.2, 0.25) is 0 Å². The average Bonchev–Trinajstić information content (AvgIpc) is 2.92. The molecule has 1 N–H and O–H groups in total. The molecule has 1 aliphatic rings. The van der Waals surface area contributed by atoms with E-state index in [9.17, 15) is 0 Å². The van der Waals surface area contributed by atoms with Crippen LogP contribution in [-0.2, 0) is 0 Å². The van der Waals surface area contributed by atoms with Crippen LogP contribution < -0.4 is 5.32 Å². The van der Waals surface area contributed by atoms with E-state index in [1.807, 2.05) is 0 Å². The smallest absolute Gasteiger partial charge is 0.0243 e. The van der Waals surface area contributed by atoms with Crippen LogP contribution in [0.2, 0.25) is 0 Å². The predicted molar refractivity (Wildman–Crippen MR) is 67.2 cm³/mol. The van der Waals surface area contributed by atoms with Crippen molar-refractivity contribution in [3.8, 4) is 0 Å². The molecule has 2 heteroatoms. The molecule has 1 rings (SSSR count). The molecule has 0 aromatic heterocycles. The molecule has 0 aromatic carbocycles. The monoisotopic (exact) mass is 212 g/mol. The Balaban J connectivity index is 2.40. The van der Waals surface area contributed by atoms with Crippen molar-refractivity contribution in [3.63, 3.8) is 0 Å². The number of rotatable bonds is 6. The zero-order valence-electron chi connectivity index (χ0n) is 11.1. The number of hydrogen-bond donors (Lipinski definition) is 1. The molecular formula is C13H28N2. The first-order valence-corrected chi connectivity index (χ1v) is 6.38. The van der Waals surface area contributed by atoms with E-state index in [-0.39, 0.29) is 0 Å². The first-order valence-electron chi connectivity index (χ1n) is 6.38. The summed E-state index contributed by atoms with van der Waals surface area (Å²) in [5.74, 6) is 0. The molecule has 0 saturated heterocycles. The van der Waals surface area contributed by atoms with Crippen molar-refractivity contribution >= 4 is 0 Å². The van der Waals surface area contributed by atoms with Gasteiger partial charge in [0.1, 0.15) is 0 Å². The summed E-state index contributed by atoms with van der Waals surface area (Å²) in [6, 6.07) is 1.49. The second-order valence-electron chi connectivity index (χ2n) is 6.04. The minimum Gasteiger partial charge on any atom is -0.312 e. The number of likely N-dealkylation sites (N-methyl/N-ethyl adjacent to an activating group) is 1. The van der Waals surface area contributed by atoms with Crippen molar-refractivity contribution in [1.82, 2.24) is 10.2 Å². The molecule has 0 heterocycles. The summed E-state index contributed by atoms with van der Waals surface area (Å²) >= 11 is 0. The summed E-state index contributed by atoms with van der Waals surface area (Å²) in [6.45, 7) is 11.6. The van der Waals surface area contributed by atoms with Gasteiger partial charge in [-0.2, -0.15) is 0 Å². The normalized spacial score (nSPS) is 19.6. The highest BCUT2D eigenvalue weighted by Crippen LogP contribution is 2.28. The average molecular weight is 212 g/mol. The van der Waals surface area contributed by atoms with Gasteiger partial charge >= 0.3 is 0 Å². The highest BCUT2D eigenvalue weighted by molar-refractivity contribution is 4.88. The van der Waals surface area contributed by atoms with E-state index >= 15 is 0 Å². The molecule has 1 atom stereocenters. The minimum absolute atomic E-state index is 0.359. The Morgan fingerprint density at radius 1 is 1.33 bits per heavy atom. The molecular weight excluding hydrogens is 184 g/mol. The van der Waals surface area contributed by atoms with Crippen LogP contribution in [0.4, 0.5) is 0 Å². The molecule has 1 unspecified atom stereocenters. The topological polar surface area (TPSA) is 15.3 Å². The molecule has 1 saturated carbocycles. The van der Waals surface area contributed by atoms with Gasteiger partial charge in [-0.25, -0.2) is 0 Å². The second kappa shape index (κ2) is 5.31. The van der Waals surface area contributed by atoms with Crippen LogP contribution in [0.15, 0.2) is 0 Å². The van der Waals surface area contributed by atoms with E-state index in [0.717, 1.165) is 12.6 Å². The maximum absolute atomic E-state index is 3.68. The molecule has 0 aliphatic heterocycles. The van der Waals surface area contributed by atoms with Crippen molar-refractivity contribution in [3.05, 3.63) is 0 Å². The maximum Gasteiger partial charge on any atom is 0.0243 e. The molecule has 1 aliphatic carbocycles. The van der Waals surface area contributed by atoms with Gasteiger partial charge in [-0.3, -0.25) is 0 Å². The summed E-state index contributed by atoms with van der Waals surface area (Å²) in [6.07, 6.45) is 4.03. The number of nitrogens with zero attached hydrogens (tertiary/aromatic N) is 1. The number of hydrogen-bond acceptors (Lipinski definition) is 2. The Kier molecular flexibility index (Phi) is 4.60. The molecule has 1 fully saturated rings. The lowest BCUT2D eigenvalue weighted by Crippen LogP contribution is -2.48. The van der Waals surface area contributed by atoms with Gasteiger partial charge in [0.15, 0.2) is 0 Å². The van der Waals surface area contributed by atoms with E-state index in [1.54, 1.807) is 0 Å². The maximum atomic E-state index is 3.68. The predicted octanol–water partition coefficient (Wildman–Crippen LogP) is 2.49. The van der Waals surface area contributed by atoms with Crippen LogP contribution in [0.25, 0.3) is 0 Å². The zero-order chi connectivity index (χ0) is 11.5. The fraction of sp³-hybridized carbons (Fsp3) is 1.00. The van der Waals surface area contributed by atoms with E-state index < -0.39 is 0 Å². The SMILES string of the molecule is CCCNC(CN(C)C1CC1)C(C)(C)C. The van der Waals surface area contributed by atoms with E-state index in [0.29, 0.717) is 11.5 Å². The Bertz CT molecular complexity index is 179. The van der Waals surface area contributed by atoms with E-state index in [1.165, 1.54) is 25.8 Å². The first kappa shape index (κ1) is 13.0. The quantitative estimate of drug-likeness (QED) is 0.728. The highest BCUT2D eigenvalue weighted by atomic mass is 15.2. The van der Waals surface area contributed by atoms with Gasteiger partial charge in [-0.15, -0.1) is 0 Å². The minimum atomic E-state index is 0.359. The van der Waals surface area contributed by atoms with Crippen LogP contribution in [0.3, 0.4) is 0 Å². The van der Waals surface area contributed by atoms with Gasteiger partial charge in [-0.1, -0.05) is 27.7 Å². The number of nitrogens with one attached hydrogen (secondary N) is 1. The molecule has 0 spiro atoms. The van der Waals surface area contributed by atoms with Crippen molar-refractivity contribution < 1.29 is 0 Å². The Morgan fingerprint density at radius 3 is 2.33 bits per heavy atom. The third-order valence-electron chi connectivity index (χ3n) is 3.33. The lowest BCUT2D eigenvalue weighted by atomic mass is 9.86. The summed E-state index contributed by atoms with van der Waals surface area (Å²) in [4.78, 5) is 2.53. The fourth-order valence-corrected chi connectivity index (χ4v) is 1.92. The molecule has 0 radical (unpaired) electrons. The summed E-state index contributed by atoms with van der Waals surface area (Å²) < 4.78 is 0. The van der Waals surface area contributed by atoms with Gasteiger partial charge in [0, 0.05) is 18.6 Å². The van der Waals surface area contributed by atoms with E-state index in [2.05, 4.69) is 45.0 Å². The third kappa shape index (κ3) is 4.52. The zero-order valence-corrected chi connectivity index (χ0v) is 11.1. The van der Waals surface area contributed by atoms with Crippen LogP contribution in [0, 0.1) is 5.41 Å². The standard InChI is InChI=1S/C13H28N2/c1-6-9-14-12(13(2,3)4)10-15(5)11-7-8-11/h11-12,14H,6-10H2,1-5H3. The molecule has 0 aromatic rings. The first-order chi connectivity index (χ1) is 6.95. The molecule has 90 valence electrons.